The fourth-order valence-electron chi connectivity index (χ4n) is 2.56. The molecule has 1 aromatic rings. The highest BCUT2D eigenvalue weighted by Crippen LogP contribution is 2.33. The summed E-state index contributed by atoms with van der Waals surface area (Å²) in [6.07, 6.45) is 2.82. The van der Waals surface area contributed by atoms with Gasteiger partial charge in [-0.15, -0.1) is 0 Å². The standard InChI is InChI=1S/C18H24N2O4S/c1-4-9-23-14-8-6-5-7-13(14)16-15(12(2)19-18(22)20-16)17(21)24-10-11-25-3/h5-8,16H,4,9-11H2,1-3H3,(H2,19,20,22)/t16-/m1/s1. The Kier molecular flexibility index (Phi) is 7.18. The maximum atomic E-state index is 12.6. The number of carbonyl (C=O) groups is 2. The summed E-state index contributed by atoms with van der Waals surface area (Å²) in [4.78, 5) is 24.5. The van der Waals surface area contributed by atoms with Crippen molar-refractivity contribution < 1.29 is 19.1 Å². The molecule has 0 aliphatic carbocycles. The van der Waals surface area contributed by atoms with Crippen LogP contribution in [0.3, 0.4) is 0 Å². The molecule has 6 nitrogen and oxygen atoms in total. The van der Waals surface area contributed by atoms with Crippen molar-refractivity contribution in [1.82, 2.24) is 10.6 Å². The monoisotopic (exact) mass is 364 g/mol. The van der Waals surface area contributed by atoms with E-state index in [1.165, 1.54) is 0 Å². The molecule has 0 unspecified atom stereocenters. The molecule has 0 saturated heterocycles. The topological polar surface area (TPSA) is 76.7 Å². The molecule has 0 saturated carbocycles. The quantitative estimate of drug-likeness (QED) is 0.548. The average molecular weight is 364 g/mol. The molecule has 1 aromatic carbocycles. The zero-order valence-electron chi connectivity index (χ0n) is 14.8. The van der Waals surface area contributed by atoms with Crippen LogP contribution in [0.15, 0.2) is 35.5 Å². The smallest absolute Gasteiger partial charge is 0.338 e. The maximum Gasteiger partial charge on any atom is 0.338 e. The van der Waals surface area contributed by atoms with Gasteiger partial charge < -0.3 is 20.1 Å². The molecule has 7 heteroatoms. The first-order valence-electron chi connectivity index (χ1n) is 8.24. The molecule has 0 spiro atoms. The van der Waals surface area contributed by atoms with Crippen molar-refractivity contribution in [3.63, 3.8) is 0 Å². The van der Waals surface area contributed by atoms with E-state index in [2.05, 4.69) is 10.6 Å². The number of nitrogens with one attached hydrogen (secondary N) is 2. The number of hydrogen-bond acceptors (Lipinski definition) is 5. The zero-order valence-corrected chi connectivity index (χ0v) is 15.6. The third-order valence-electron chi connectivity index (χ3n) is 3.70. The fourth-order valence-corrected chi connectivity index (χ4v) is 2.81. The lowest BCUT2D eigenvalue weighted by Crippen LogP contribution is -2.45. The number of rotatable bonds is 8. The summed E-state index contributed by atoms with van der Waals surface area (Å²) in [6, 6.07) is 6.45. The third kappa shape index (κ3) is 4.92. The Hall–Kier alpha value is -2.15. The lowest BCUT2D eigenvalue weighted by Gasteiger charge is -2.29. The molecule has 136 valence electrons. The summed E-state index contributed by atoms with van der Waals surface area (Å²) in [5, 5.41) is 5.45. The molecule has 0 bridgehead atoms. The van der Waals surface area contributed by atoms with Crippen LogP contribution in [0.25, 0.3) is 0 Å². The van der Waals surface area contributed by atoms with Gasteiger partial charge in [-0.2, -0.15) is 11.8 Å². The van der Waals surface area contributed by atoms with Gasteiger partial charge in [-0.25, -0.2) is 9.59 Å². The van der Waals surface area contributed by atoms with Crippen LogP contribution in [0, 0.1) is 0 Å². The van der Waals surface area contributed by atoms with E-state index in [4.69, 9.17) is 9.47 Å². The van der Waals surface area contributed by atoms with Gasteiger partial charge >= 0.3 is 12.0 Å². The Morgan fingerprint density at radius 3 is 2.76 bits per heavy atom. The molecule has 1 heterocycles. The Balaban J connectivity index is 2.34. The van der Waals surface area contributed by atoms with Gasteiger partial charge in [0.2, 0.25) is 0 Å². The van der Waals surface area contributed by atoms with Crippen LogP contribution in [-0.4, -0.2) is 37.2 Å². The normalized spacial score (nSPS) is 16.9. The molecule has 2 amide bonds. The summed E-state index contributed by atoms with van der Waals surface area (Å²) in [5.41, 5.74) is 1.63. The number of urea groups is 1. The Labute approximate surface area is 152 Å². The van der Waals surface area contributed by atoms with E-state index in [0.29, 0.717) is 30.2 Å². The average Bonchev–Trinajstić information content (AvgIpc) is 2.59. The number of carbonyl (C=O) groups excluding carboxylic acids is 2. The Morgan fingerprint density at radius 2 is 2.04 bits per heavy atom. The first kappa shape index (κ1) is 19.2. The Morgan fingerprint density at radius 1 is 1.28 bits per heavy atom. The van der Waals surface area contributed by atoms with Crippen LogP contribution < -0.4 is 15.4 Å². The van der Waals surface area contributed by atoms with E-state index in [1.807, 2.05) is 37.4 Å². The van der Waals surface area contributed by atoms with Gasteiger partial charge in [0.25, 0.3) is 0 Å². The van der Waals surface area contributed by atoms with Crippen LogP contribution in [0.4, 0.5) is 4.79 Å². The van der Waals surface area contributed by atoms with Crippen LogP contribution in [-0.2, 0) is 9.53 Å². The van der Waals surface area contributed by atoms with Gasteiger partial charge in [0.1, 0.15) is 12.4 Å². The van der Waals surface area contributed by atoms with E-state index >= 15 is 0 Å². The largest absolute Gasteiger partial charge is 0.493 e. The molecule has 0 fully saturated rings. The van der Waals surface area contributed by atoms with Crippen LogP contribution in [0.1, 0.15) is 31.9 Å². The van der Waals surface area contributed by atoms with E-state index in [0.717, 1.165) is 17.7 Å². The molecular formula is C18H24N2O4S. The number of esters is 1. The summed E-state index contributed by atoms with van der Waals surface area (Å²) in [6.45, 7) is 4.61. The van der Waals surface area contributed by atoms with Crippen molar-refractivity contribution in [2.24, 2.45) is 0 Å². The molecule has 2 N–H and O–H groups in total. The summed E-state index contributed by atoms with van der Waals surface area (Å²) >= 11 is 1.60. The van der Waals surface area contributed by atoms with E-state index in [-0.39, 0.29) is 6.03 Å². The third-order valence-corrected chi connectivity index (χ3v) is 4.28. The van der Waals surface area contributed by atoms with Crippen molar-refractivity contribution in [3.05, 3.63) is 41.1 Å². The number of allylic oxidation sites excluding steroid dienone is 1. The maximum absolute atomic E-state index is 12.6. The molecule has 2 rings (SSSR count). The molecular weight excluding hydrogens is 340 g/mol. The second kappa shape index (κ2) is 9.36. The summed E-state index contributed by atoms with van der Waals surface area (Å²) in [5.74, 6) is 0.937. The highest BCUT2D eigenvalue weighted by atomic mass is 32.2. The van der Waals surface area contributed by atoms with Crippen molar-refractivity contribution >= 4 is 23.8 Å². The van der Waals surface area contributed by atoms with Gasteiger partial charge in [0.15, 0.2) is 0 Å². The molecule has 1 aliphatic rings. The number of amides is 2. The van der Waals surface area contributed by atoms with Crippen LogP contribution in [0.5, 0.6) is 5.75 Å². The van der Waals surface area contributed by atoms with Gasteiger partial charge in [0, 0.05) is 17.0 Å². The lowest BCUT2D eigenvalue weighted by molar-refractivity contribution is -0.138. The van der Waals surface area contributed by atoms with Gasteiger partial charge in [-0.1, -0.05) is 25.1 Å². The van der Waals surface area contributed by atoms with Crippen molar-refractivity contribution in [1.29, 1.82) is 0 Å². The van der Waals surface area contributed by atoms with Crippen molar-refractivity contribution in [3.8, 4) is 5.75 Å². The zero-order chi connectivity index (χ0) is 18.2. The number of ether oxygens (including phenoxy) is 2. The first-order chi connectivity index (χ1) is 12.1. The predicted molar refractivity (Wildman–Crippen MR) is 98.7 cm³/mol. The minimum Gasteiger partial charge on any atom is -0.493 e. The molecule has 1 atom stereocenters. The number of benzene rings is 1. The van der Waals surface area contributed by atoms with Gasteiger partial charge in [-0.3, -0.25) is 0 Å². The second-order valence-electron chi connectivity index (χ2n) is 5.59. The fraction of sp³-hybridized carbons (Fsp3) is 0.444. The number of para-hydroxylation sites is 1. The minimum absolute atomic E-state index is 0.325. The first-order valence-corrected chi connectivity index (χ1v) is 9.64. The SMILES string of the molecule is CCCOc1ccccc1[C@H]1NC(=O)NC(C)=C1C(=O)OCCSC. The minimum atomic E-state index is -0.608. The highest BCUT2D eigenvalue weighted by molar-refractivity contribution is 7.98. The van der Waals surface area contributed by atoms with Crippen molar-refractivity contribution in [2.75, 3.05) is 25.2 Å². The van der Waals surface area contributed by atoms with Gasteiger partial charge in [0.05, 0.1) is 18.2 Å². The van der Waals surface area contributed by atoms with E-state index in [1.54, 1.807) is 18.7 Å². The highest BCUT2D eigenvalue weighted by Gasteiger charge is 2.33. The van der Waals surface area contributed by atoms with Crippen LogP contribution in [0.2, 0.25) is 0 Å². The molecule has 25 heavy (non-hydrogen) atoms. The van der Waals surface area contributed by atoms with Crippen molar-refractivity contribution in [2.45, 2.75) is 26.3 Å². The van der Waals surface area contributed by atoms with E-state index in [9.17, 15) is 9.59 Å². The lowest BCUT2D eigenvalue weighted by atomic mass is 9.95. The molecule has 1 aliphatic heterocycles. The Bertz CT molecular complexity index is 660. The summed E-state index contributed by atoms with van der Waals surface area (Å²) in [7, 11) is 0. The number of hydrogen-bond donors (Lipinski definition) is 2. The predicted octanol–water partition coefficient (Wildman–Crippen LogP) is 3.01. The molecule has 0 aromatic heterocycles. The van der Waals surface area contributed by atoms with Gasteiger partial charge in [-0.05, 0) is 25.7 Å². The number of thioether (sulfide) groups is 1. The second-order valence-corrected chi connectivity index (χ2v) is 6.57. The summed E-state index contributed by atoms with van der Waals surface area (Å²) < 4.78 is 11.1. The van der Waals surface area contributed by atoms with E-state index < -0.39 is 12.0 Å². The van der Waals surface area contributed by atoms with Crippen LogP contribution >= 0.6 is 11.8 Å². The molecule has 0 radical (unpaired) electrons.